The first-order valence-corrected chi connectivity index (χ1v) is 6.78. The molecule has 0 atom stereocenters. The Labute approximate surface area is 115 Å². The van der Waals surface area contributed by atoms with Crippen molar-refractivity contribution in [3.63, 3.8) is 0 Å². The fourth-order valence-corrected chi connectivity index (χ4v) is 2.40. The first-order chi connectivity index (χ1) is 9.59. The van der Waals surface area contributed by atoms with Crippen LogP contribution in [0.3, 0.4) is 0 Å². The van der Waals surface area contributed by atoms with Crippen LogP contribution in [0, 0.1) is 23.3 Å². The molecule has 0 aliphatic heterocycles. The van der Waals surface area contributed by atoms with Gasteiger partial charge in [0.1, 0.15) is 6.61 Å². The topological polar surface area (TPSA) is 21.3 Å². The van der Waals surface area contributed by atoms with Crippen molar-refractivity contribution in [3.05, 3.63) is 29.3 Å². The van der Waals surface area contributed by atoms with E-state index < -0.39 is 29.0 Å². The molecule has 1 fully saturated rings. The number of hydrogen-bond donors (Lipinski definition) is 1. The highest BCUT2D eigenvalue weighted by Gasteiger charge is 2.20. The molecule has 1 aliphatic carbocycles. The summed E-state index contributed by atoms with van der Waals surface area (Å²) in [5, 5.41) is 3.20. The van der Waals surface area contributed by atoms with E-state index in [2.05, 4.69) is 5.32 Å². The minimum atomic E-state index is -1.50. The zero-order valence-corrected chi connectivity index (χ0v) is 11.0. The average molecular weight is 291 g/mol. The Morgan fingerprint density at radius 1 is 1.00 bits per heavy atom. The van der Waals surface area contributed by atoms with Crippen LogP contribution in [0.1, 0.15) is 32.1 Å². The lowest BCUT2D eigenvalue weighted by atomic mass is 9.96. The van der Waals surface area contributed by atoms with Gasteiger partial charge in [0.25, 0.3) is 0 Å². The molecule has 112 valence electrons. The van der Waals surface area contributed by atoms with Crippen LogP contribution < -0.4 is 10.1 Å². The largest absolute Gasteiger partial charge is 0.486 e. The maximum Gasteiger partial charge on any atom is 0.203 e. The molecule has 1 N–H and O–H groups in total. The Kier molecular flexibility index (Phi) is 5.23. The number of rotatable bonds is 5. The van der Waals surface area contributed by atoms with Crippen LogP contribution in [-0.2, 0) is 0 Å². The summed E-state index contributed by atoms with van der Waals surface area (Å²) in [6, 6.07) is 0.545. The van der Waals surface area contributed by atoms with Crippen LogP contribution in [0.4, 0.5) is 17.6 Å². The fraction of sp³-hybridized carbons (Fsp3) is 0.571. The fourth-order valence-electron chi connectivity index (χ4n) is 2.40. The molecular formula is C14H17F4NO. The molecule has 6 heteroatoms. The Hall–Kier alpha value is -1.30. The van der Waals surface area contributed by atoms with Crippen molar-refractivity contribution >= 4 is 0 Å². The molecule has 0 unspecified atom stereocenters. The normalized spacial score (nSPS) is 16.4. The van der Waals surface area contributed by atoms with Gasteiger partial charge in [-0.2, -0.15) is 8.78 Å². The highest BCUT2D eigenvalue weighted by molar-refractivity contribution is 5.28. The summed E-state index contributed by atoms with van der Waals surface area (Å²) < 4.78 is 57.3. The summed E-state index contributed by atoms with van der Waals surface area (Å²) in [4.78, 5) is 0. The van der Waals surface area contributed by atoms with Gasteiger partial charge in [-0.1, -0.05) is 19.3 Å². The van der Waals surface area contributed by atoms with E-state index in [0.717, 1.165) is 25.7 Å². The maximum absolute atomic E-state index is 13.3. The second kappa shape index (κ2) is 6.92. The lowest BCUT2D eigenvalue weighted by molar-refractivity contribution is 0.258. The Bertz CT molecular complexity index is 435. The van der Waals surface area contributed by atoms with Crippen molar-refractivity contribution in [2.45, 2.75) is 38.1 Å². The molecular weight excluding hydrogens is 274 g/mol. The summed E-state index contributed by atoms with van der Waals surface area (Å²) in [7, 11) is 0. The van der Waals surface area contributed by atoms with E-state index in [9.17, 15) is 17.6 Å². The molecule has 0 spiro atoms. The molecule has 0 saturated heterocycles. The SMILES string of the molecule is Fc1cc(F)c(F)c(OCCNC2CCCCC2)c1F. The highest BCUT2D eigenvalue weighted by Crippen LogP contribution is 2.26. The van der Waals surface area contributed by atoms with Crippen molar-refractivity contribution in [1.82, 2.24) is 5.32 Å². The minimum Gasteiger partial charge on any atom is -0.486 e. The first-order valence-electron chi connectivity index (χ1n) is 6.78. The van der Waals surface area contributed by atoms with E-state index in [1.165, 1.54) is 6.42 Å². The zero-order valence-electron chi connectivity index (χ0n) is 11.0. The predicted molar refractivity (Wildman–Crippen MR) is 66.6 cm³/mol. The van der Waals surface area contributed by atoms with Gasteiger partial charge in [0.05, 0.1) is 0 Å². The van der Waals surface area contributed by atoms with Crippen LogP contribution >= 0.6 is 0 Å². The summed E-state index contributed by atoms with van der Waals surface area (Å²) >= 11 is 0. The standard InChI is InChI=1S/C14H17F4NO/c15-10-8-11(16)13(18)14(12(10)17)20-7-6-19-9-4-2-1-3-5-9/h8-9,19H,1-7H2. The molecule has 1 aliphatic rings. The van der Waals surface area contributed by atoms with Gasteiger partial charge in [-0.3, -0.25) is 0 Å². The predicted octanol–water partition coefficient (Wildman–Crippen LogP) is 3.54. The van der Waals surface area contributed by atoms with Gasteiger partial charge in [-0.15, -0.1) is 0 Å². The monoisotopic (exact) mass is 291 g/mol. The van der Waals surface area contributed by atoms with Gasteiger partial charge in [0.15, 0.2) is 17.4 Å². The third kappa shape index (κ3) is 3.62. The van der Waals surface area contributed by atoms with Crippen LogP contribution in [0.15, 0.2) is 6.07 Å². The van der Waals surface area contributed by atoms with Crippen LogP contribution in [0.5, 0.6) is 5.75 Å². The summed E-state index contributed by atoms with van der Waals surface area (Å²) in [5.74, 6) is -6.91. The van der Waals surface area contributed by atoms with Gasteiger partial charge in [0, 0.05) is 18.7 Å². The van der Waals surface area contributed by atoms with Gasteiger partial charge < -0.3 is 10.1 Å². The Morgan fingerprint density at radius 2 is 1.60 bits per heavy atom. The summed E-state index contributed by atoms with van der Waals surface area (Å²) in [5.41, 5.74) is 0. The van der Waals surface area contributed by atoms with Crippen LogP contribution in [0.25, 0.3) is 0 Å². The maximum atomic E-state index is 13.3. The molecule has 0 amide bonds. The van der Waals surface area contributed by atoms with Crippen molar-refractivity contribution in [2.24, 2.45) is 0 Å². The molecule has 1 aromatic carbocycles. The summed E-state index contributed by atoms with van der Waals surface area (Å²) in [6.07, 6.45) is 5.69. The molecule has 2 nitrogen and oxygen atoms in total. The molecule has 0 aromatic heterocycles. The number of benzene rings is 1. The number of nitrogens with one attached hydrogen (secondary N) is 1. The third-order valence-electron chi connectivity index (χ3n) is 3.46. The van der Waals surface area contributed by atoms with Crippen molar-refractivity contribution in [3.8, 4) is 5.75 Å². The molecule has 0 radical (unpaired) electrons. The van der Waals surface area contributed by atoms with E-state index in [4.69, 9.17) is 4.74 Å². The van der Waals surface area contributed by atoms with Crippen molar-refractivity contribution in [1.29, 1.82) is 0 Å². The molecule has 1 aromatic rings. The lowest BCUT2D eigenvalue weighted by Crippen LogP contribution is -2.34. The van der Waals surface area contributed by atoms with Crippen molar-refractivity contribution in [2.75, 3.05) is 13.2 Å². The quantitative estimate of drug-likeness (QED) is 0.509. The number of halogens is 4. The first kappa shape index (κ1) is 15.1. The van der Waals surface area contributed by atoms with Crippen LogP contribution in [0.2, 0.25) is 0 Å². The highest BCUT2D eigenvalue weighted by atomic mass is 19.2. The Balaban J connectivity index is 1.84. The zero-order chi connectivity index (χ0) is 14.5. The minimum absolute atomic E-state index is 0.0484. The third-order valence-corrected chi connectivity index (χ3v) is 3.46. The molecule has 20 heavy (non-hydrogen) atoms. The number of hydrogen-bond acceptors (Lipinski definition) is 2. The smallest absolute Gasteiger partial charge is 0.203 e. The van der Waals surface area contributed by atoms with E-state index in [0.29, 0.717) is 12.6 Å². The molecule has 0 bridgehead atoms. The van der Waals surface area contributed by atoms with Gasteiger partial charge >= 0.3 is 0 Å². The second-order valence-corrected chi connectivity index (χ2v) is 4.93. The van der Waals surface area contributed by atoms with E-state index in [1.807, 2.05) is 0 Å². The number of ether oxygens (including phenoxy) is 1. The van der Waals surface area contributed by atoms with Crippen LogP contribution in [-0.4, -0.2) is 19.2 Å². The Morgan fingerprint density at radius 3 is 2.20 bits per heavy atom. The van der Waals surface area contributed by atoms with Gasteiger partial charge in [0.2, 0.25) is 11.6 Å². The van der Waals surface area contributed by atoms with E-state index in [-0.39, 0.29) is 12.7 Å². The van der Waals surface area contributed by atoms with E-state index in [1.54, 1.807) is 0 Å². The molecule has 1 saturated carbocycles. The summed E-state index contributed by atoms with van der Waals surface area (Å²) in [6.45, 7) is 0.328. The average Bonchev–Trinajstić information content (AvgIpc) is 2.45. The second-order valence-electron chi connectivity index (χ2n) is 4.93. The van der Waals surface area contributed by atoms with Crippen molar-refractivity contribution < 1.29 is 22.3 Å². The van der Waals surface area contributed by atoms with Gasteiger partial charge in [-0.05, 0) is 12.8 Å². The lowest BCUT2D eigenvalue weighted by Gasteiger charge is -2.22. The molecule has 0 heterocycles. The van der Waals surface area contributed by atoms with Gasteiger partial charge in [-0.25, -0.2) is 8.78 Å². The molecule has 2 rings (SSSR count). The van der Waals surface area contributed by atoms with E-state index >= 15 is 0 Å².